The summed E-state index contributed by atoms with van der Waals surface area (Å²) in [4.78, 5) is 4.17. The van der Waals surface area contributed by atoms with Gasteiger partial charge in [-0.25, -0.2) is 13.4 Å². The SMILES string of the molecule is CCCCS(=O)(=O)c1nc2ccccc2s1. The molecule has 0 N–H and O–H groups in total. The first-order chi connectivity index (χ1) is 7.63. The molecule has 0 saturated heterocycles. The van der Waals surface area contributed by atoms with Gasteiger partial charge in [-0.3, -0.25) is 0 Å². The first-order valence-corrected chi connectivity index (χ1v) is 7.68. The number of hydrogen-bond donors (Lipinski definition) is 0. The van der Waals surface area contributed by atoms with E-state index in [9.17, 15) is 8.42 Å². The van der Waals surface area contributed by atoms with Gasteiger partial charge in [-0.15, -0.1) is 11.3 Å². The highest BCUT2D eigenvalue weighted by Gasteiger charge is 2.18. The minimum Gasteiger partial charge on any atom is -0.225 e. The molecular formula is C11H13NO2S2. The van der Waals surface area contributed by atoms with Crippen LogP contribution in [0.1, 0.15) is 19.8 Å². The van der Waals surface area contributed by atoms with E-state index in [2.05, 4.69) is 4.98 Å². The minimum atomic E-state index is -3.18. The molecule has 1 aromatic carbocycles. The van der Waals surface area contributed by atoms with Gasteiger partial charge in [0.15, 0.2) is 0 Å². The number of benzene rings is 1. The van der Waals surface area contributed by atoms with Crippen molar-refractivity contribution >= 4 is 31.4 Å². The third-order valence-electron chi connectivity index (χ3n) is 2.31. The predicted octanol–water partition coefficient (Wildman–Crippen LogP) is 2.87. The van der Waals surface area contributed by atoms with Crippen LogP contribution in [0.4, 0.5) is 0 Å². The lowest BCUT2D eigenvalue weighted by molar-refractivity contribution is 0.592. The van der Waals surface area contributed by atoms with E-state index in [1.54, 1.807) is 0 Å². The summed E-state index contributed by atoms with van der Waals surface area (Å²) >= 11 is 1.26. The second-order valence-electron chi connectivity index (χ2n) is 3.62. The number of fused-ring (bicyclic) bond motifs is 1. The fourth-order valence-corrected chi connectivity index (χ4v) is 4.21. The molecule has 1 aromatic heterocycles. The lowest BCUT2D eigenvalue weighted by atomic mass is 10.3. The van der Waals surface area contributed by atoms with Crippen molar-refractivity contribution in [1.29, 1.82) is 0 Å². The monoisotopic (exact) mass is 255 g/mol. The predicted molar refractivity (Wildman–Crippen MR) is 66.6 cm³/mol. The Hall–Kier alpha value is -0.940. The Kier molecular flexibility index (Phi) is 3.25. The molecule has 2 aromatic rings. The Bertz CT molecular complexity index is 554. The van der Waals surface area contributed by atoms with E-state index in [4.69, 9.17) is 0 Å². The molecular weight excluding hydrogens is 242 g/mol. The summed E-state index contributed by atoms with van der Waals surface area (Å²) in [6, 6.07) is 7.49. The summed E-state index contributed by atoms with van der Waals surface area (Å²) in [6.45, 7) is 1.98. The van der Waals surface area contributed by atoms with Gasteiger partial charge in [0.1, 0.15) is 0 Å². The standard InChI is InChI=1S/C11H13NO2S2/c1-2-3-8-16(13,14)11-12-9-6-4-5-7-10(9)15-11/h4-7H,2-3,8H2,1H3. The Morgan fingerprint density at radius 3 is 2.75 bits per heavy atom. The van der Waals surface area contributed by atoms with Crippen LogP contribution in [0, 0.1) is 0 Å². The summed E-state index contributed by atoms with van der Waals surface area (Å²) < 4.78 is 25.0. The molecule has 0 saturated carbocycles. The van der Waals surface area contributed by atoms with Crippen LogP contribution >= 0.6 is 11.3 Å². The molecule has 0 atom stereocenters. The van der Waals surface area contributed by atoms with Crippen molar-refractivity contribution in [2.75, 3.05) is 5.75 Å². The van der Waals surface area contributed by atoms with Gasteiger partial charge < -0.3 is 0 Å². The Balaban J connectivity index is 2.40. The van der Waals surface area contributed by atoms with Gasteiger partial charge in [0.2, 0.25) is 14.2 Å². The van der Waals surface area contributed by atoms with Gasteiger partial charge in [-0.2, -0.15) is 0 Å². The lowest BCUT2D eigenvalue weighted by Crippen LogP contribution is -2.05. The van der Waals surface area contributed by atoms with Crippen LogP contribution in [0.3, 0.4) is 0 Å². The minimum absolute atomic E-state index is 0.198. The molecule has 0 aliphatic rings. The van der Waals surface area contributed by atoms with Crippen molar-refractivity contribution in [2.45, 2.75) is 24.1 Å². The largest absolute Gasteiger partial charge is 0.225 e. The molecule has 0 fully saturated rings. The number of rotatable bonds is 4. The molecule has 0 aliphatic carbocycles. The Morgan fingerprint density at radius 1 is 1.31 bits per heavy atom. The zero-order chi connectivity index (χ0) is 11.6. The van der Waals surface area contributed by atoms with Crippen molar-refractivity contribution in [3.8, 4) is 0 Å². The normalized spacial score (nSPS) is 12.1. The van der Waals surface area contributed by atoms with Crippen molar-refractivity contribution in [2.24, 2.45) is 0 Å². The van der Waals surface area contributed by atoms with Crippen molar-refractivity contribution in [1.82, 2.24) is 4.98 Å². The van der Waals surface area contributed by atoms with Crippen molar-refractivity contribution in [3.63, 3.8) is 0 Å². The Labute approximate surface area is 99.1 Å². The molecule has 16 heavy (non-hydrogen) atoms. The summed E-state index contributed by atoms with van der Waals surface area (Å²) in [7, 11) is -3.18. The van der Waals surface area contributed by atoms with Crippen LogP contribution < -0.4 is 0 Å². The molecule has 2 rings (SSSR count). The second kappa shape index (κ2) is 4.51. The van der Waals surface area contributed by atoms with Gasteiger partial charge in [0.25, 0.3) is 0 Å². The summed E-state index contributed by atoms with van der Waals surface area (Å²) in [6.07, 6.45) is 1.57. The summed E-state index contributed by atoms with van der Waals surface area (Å²) in [5.41, 5.74) is 0.766. The summed E-state index contributed by atoms with van der Waals surface area (Å²) in [5.74, 6) is 0.198. The fourth-order valence-electron chi connectivity index (χ4n) is 1.41. The van der Waals surface area contributed by atoms with Crippen LogP contribution in [-0.2, 0) is 9.84 Å². The second-order valence-corrected chi connectivity index (χ2v) is 6.93. The number of para-hydroxylation sites is 1. The average molecular weight is 255 g/mol. The van der Waals surface area contributed by atoms with Gasteiger partial charge in [-0.05, 0) is 18.6 Å². The molecule has 3 nitrogen and oxygen atoms in total. The first-order valence-electron chi connectivity index (χ1n) is 5.22. The smallest absolute Gasteiger partial charge is 0.210 e. The molecule has 0 radical (unpaired) electrons. The van der Waals surface area contributed by atoms with E-state index in [1.807, 2.05) is 31.2 Å². The molecule has 0 bridgehead atoms. The quantitative estimate of drug-likeness (QED) is 0.844. The maximum absolute atomic E-state index is 11.9. The zero-order valence-electron chi connectivity index (χ0n) is 9.01. The third kappa shape index (κ3) is 2.25. The highest BCUT2D eigenvalue weighted by molar-refractivity contribution is 7.93. The van der Waals surface area contributed by atoms with Crippen molar-refractivity contribution < 1.29 is 8.42 Å². The van der Waals surface area contributed by atoms with Gasteiger partial charge in [0.05, 0.1) is 16.0 Å². The molecule has 5 heteroatoms. The average Bonchev–Trinajstić information content (AvgIpc) is 2.71. The van der Waals surface area contributed by atoms with Gasteiger partial charge in [-0.1, -0.05) is 25.5 Å². The highest BCUT2D eigenvalue weighted by atomic mass is 32.2. The van der Waals surface area contributed by atoms with E-state index >= 15 is 0 Å². The van der Waals surface area contributed by atoms with Crippen LogP contribution in [0.15, 0.2) is 28.6 Å². The molecule has 0 unspecified atom stereocenters. The third-order valence-corrected chi connectivity index (χ3v) is 5.60. The number of thiazole rings is 1. The van der Waals surface area contributed by atoms with E-state index in [1.165, 1.54) is 11.3 Å². The zero-order valence-corrected chi connectivity index (χ0v) is 10.6. The lowest BCUT2D eigenvalue weighted by Gasteiger charge is -1.97. The molecule has 1 heterocycles. The molecule has 0 amide bonds. The maximum Gasteiger partial charge on any atom is 0.210 e. The van der Waals surface area contributed by atoms with E-state index in [-0.39, 0.29) is 10.1 Å². The number of nitrogens with zero attached hydrogens (tertiary/aromatic N) is 1. The topological polar surface area (TPSA) is 47.0 Å². The van der Waals surface area contributed by atoms with Crippen LogP contribution in [0.2, 0.25) is 0 Å². The maximum atomic E-state index is 11.9. The van der Waals surface area contributed by atoms with Crippen LogP contribution in [0.5, 0.6) is 0 Å². The highest BCUT2D eigenvalue weighted by Crippen LogP contribution is 2.26. The number of unbranched alkanes of at least 4 members (excludes halogenated alkanes) is 1. The fraction of sp³-hybridized carbons (Fsp3) is 0.364. The van der Waals surface area contributed by atoms with Crippen LogP contribution in [0.25, 0.3) is 10.2 Å². The number of aromatic nitrogens is 1. The number of sulfone groups is 1. The van der Waals surface area contributed by atoms with Crippen molar-refractivity contribution in [3.05, 3.63) is 24.3 Å². The molecule has 86 valence electrons. The van der Waals surface area contributed by atoms with E-state index in [0.717, 1.165) is 16.6 Å². The molecule has 0 spiro atoms. The van der Waals surface area contributed by atoms with Gasteiger partial charge in [0, 0.05) is 0 Å². The van der Waals surface area contributed by atoms with E-state index in [0.29, 0.717) is 6.42 Å². The van der Waals surface area contributed by atoms with E-state index < -0.39 is 9.84 Å². The first kappa shape index (κ1) is 11.5. The summed E-state index contributed by atoms with van der Waals surface area (Å²) in [5, 5.41) is 0. The molecule has 0 aliphatic heterocycles. The van der Waals surface area contributed by atoms with Gasteiger partial charge >= 0.3 is 0 Å². The van der Waals surface area contributed by atoms with Crippen LogP contribution in [-0.4, -0.2) is 19.2 Å². The number of hydrogen-bond acceptors (Lipinski definition) is 4. The Morgan fingerprint density at radius 2 is 2.06 bits per heavy atom.